The average Bonchev–Trinajstić information content (AvgIpc) is 3.01. The number of anilines is 1. The van der Waals surface area contributed by atoms with Crippen LogP contribution in [-0.2, 0) is 4.79 Å². The molecular formula is C18H28N6O. The van der Waals surface area contributed by atoms with Gasteiger partial charge >= 0.3 is 0 Å². The lowest BCUT2D eigenvalue weighted by molar-refractivity contribution is -0.138. The highest BCUT2D eigenvalue weighted by Gasteiger charge is 2.28. The first-order valence-electron chi connectivity index (χ1n) is 8.93. The highest BCUT2D eigenvalue weighted by molar-refractivity contribution is 5.81. The number of hydrogen-bond donors (Lipinski definition) is 0. The van der Waals surface area contributed by atoms with Gasteiger partial charge in [0.2, 0.25) is 5.91 Å². The van der Waals surface area contributed by atoms with Gasteiger partial charge in [0.05, 0.1) is 0 Å². The van der Waals surface area contributed by atoms with Crippen molar-refractivity contribution in [1.82, 2.24) is 24.5 Å². The van der Waals surface area contributed by atoms with Crippen molar-refractivity contribution in [3.05, 3.63) is 18.1 Å². The number of rotatable bonds is 3. The third kappa shape index (κ3) is 3.75. The molecule has 0 atom stereocenters. The van der Waals surface area contributed by atoms with Gasteiger partial charge in [-0.15, -0.1) is 0 Å². The maximum absolute atomic E-state index is 12.4. The number of piperidine rings is 1. The summed E-state index contributed by atoms with van der Waals surface area (Å²) in [5.41, 5.74) is 0.635. The van der Waals surface area contributed by atoms with Crippen molar-refractivity contribution in [2.24, 2.45) is 11.3 Å². The van der Waals surface area contributed by atoms with Gasteiger partial charge < -0.3 is 9.80 Å². The van der Waals surface area contributed by atoms with Crippen LogP contribution in [-0.4, -0.2) is 57.1 Å². The van der Waals surface area contributed by atoms with Crippen molar-refractivity contribution in [3.63, 3.8) is 0 Å². The molecule has 0 radical (unpaired) electrons. The van der Waals surface area contributed by atoms with Crippen LogP contribution < -0.4 is 4.90 Å². The molecular weight excluding hydrogens is 316 g/mol. The molecule has 25 heavy (non-hydrogen) atoms. The maximum atomic E-state index is 12.4. The van der Waals surface area contributed by atoms with Crippen LogP contribution in [0.15, 0.2) is 12.4 Å². The highest BCUT2D eigenvalue weighted by Crippen LogP contribution is 2.25. The summed E-state index contributed by atoms with van der Waals surface area (Å²) in [7, 11) is 1.92. The Balaban J connectivity index is 1.64. The number of nitrogens with zero attached hydrogens (tertiary/aromatic N) is 6. The third-order valence-electron chi connectivity index (χ3n) is 4.82. The van der Waals surface area contributed by atoms with E-state index >= 15 is 0 Å². The molecule has 0 spiro atoms. The lowest BCUT2D eigenvalue weighted by Gasteiger charge is -2.36. The zero-order valence-electron chi connectivity index (χ0n) is 15.9. The van der Waals surface area contributed by atoms with Gasteiger partial charge in [0.15, 0.2) is 0 Å². The first kappa shape index (κ1) is 17.6. The van der Waals surface area contributed by atoms with E-state index in [0.29, 0.717) is 11.7 Å². The molecule has 2 aromatic rings. The Morgan fingerprint density at radius 3 is 2.64 bits per heavy atom. The normalized spacial score (nSPS) is 16.4. The van der Waals surface area contributed by atoms with E-state index in [4.69, 9.17) is 0 Å². The molecule has 1 saturated heterocycles. The minimum atomic E-state index is -0.317. The Morgan fingerprint density at radius 1 is 1.32 bits per heavy atom. The summed E-state index contributed by atoms with van der Waals surface area (Å²) in [6, 6.07) is 2.07. The molecule has 1 aliphatic heterocycles. The number of hydrogen-bond acceptors (Lipinski definition) is 5. The van der Waals surface area contributed by atoms with Crippen LogP contribution in [0.4, 0.5) is 5.82 Å². The first-order chi connectivity index (χ1) is 11.8. The van der Waals surface area contributed by atoms with Gasteiger partial charge in [0, 0.05) is 43.9 Å². The molecule has 0 saturated carbocycles. The molecule has 0 aromatic carbocycles. The van der Waals surface area contributed by atoms with E-state index in [1.165, 1.54) is 0 Å². The number of aromatic nitrogens is 4. The molecule has 3 rings (SSSR count). The third-order valence-corrected chi connectivity index (χ3v) is 4.82. The quantitative estimate of drug-likeness (QED) is 0.853. The van der Waals surface area contributed by atoms with Crippen LogP contribution in [0.25, 0.3) is 5.78 Å². The monoisotopic (exact) mass is 344 g/mol. The second-order valence-electron chi connectivity index (χ2n) is 8.09. The molecule has 7 nitrogen and oxygen atoms in total. The molecule has 7 heteroatoms. The lowest BCUT2D eigenvalue weighted by atomic mass is 9.92. The van der Waals surface area contributed by atoms with Crippen LogP contribution in [0, 0.1) is 18.3 Å². The Hall–Kier alpha value is -2.18. The SMILES string of the molecule is Cc1cc(N2CCC(CN(C)C(=O)C(C)(C)C)CC2)n2ncnc2n1. The summed E-state index contributed by atoms with van der Waals surface area (Å²) in [6.45, 7) is 10.7. The Morgan fingerprint density at radius 2 is 2.00 bits per heavy atom. The van der Waals surface area contributed by atoms with Gasteiger partial charge in [0.25, 0.3) is 5.78 Å². The minimum Gasteiger partial charge on any atom is -0.356 e. The fourth-order valence-corrected chi connectivity index (χ4v) is 3.52. The Bertz CT molecular complexity index is 755. The largest absolute Gasteiger partial charge is 0.356 e. The van der Waals surface area contributed by atoms with Gasteiger partial charge in [-0.2, -0.15) is 14.6 Å². The van der Waals surface area contributed by atoms with E-state index in [1.807, 2.05) is 44.2 Å². The number of carbonyl (C=O) groups is 1. The highest BCUT2D eigenvalue weighted by atomic mass is 16.2. The van der Waals surface area contributed by atoms with E-state index in [-0.39, 0.29) is 11.3 Å². The molecule has 0 bridgehead atoms. The van der Waals surface area contributed by atoms with E-state index in [2.05, 4.69) is 26.0 Å². The fraction of sp³-hybridized carbons (Fsp3) is 0.667. The molecule has 0 unspecified atom stereocenters. The van der Waals surface area contributed by atoms with Crippen LogP contribution in [0.5, 0.6) is 0 Å². The average molecular weight is 344 g/mol. The van der Waals surface area contributed by atoms with Crippen LogP contribution in [0.3, 0.4) is 0 Å². The summed E-state index contributed by atoms with van der Waals surface area (Å²) in [5.74, 6) is 2.45. The van der Waals surface area contributed by atoms with Crippen LogP contribution >= 0.6 is 0 Å². The van der Waals surface area contributed by atoms with Crippen molar-refractivity contribution in [1.29, 1.82) is 0 Å². The summed E-state index contributed by atoms with van der Waals surface area (Å²) >= 11 is 0. The summed E-state index contributed by atoms with van der Waals surface area (Å²) < 4.78 is 1.81. The summed E-state index contributed by atoms with van der Waals surface area (Å²) in [6.07, 6.45) is 3.68. The van der Waals surface area contributed by atoms with Crippen LogP contribution in [0.1, 0.15) is 39.3 Å². The molecule has 136 valence electrons. The van der Waals surface area contributed by atoms with Crippen molar-refractivity contribution in [2.75, 3.05) is 31.6 Å². The Kier molecular flexibility index (Phi) is 4.67. The predicted octanol–water partition coefficient (Wildman–Crippen LogP) is 2.15. The van der Waals surface area contributed by atoms with Gasteiger partial charge in [-0.3, -0.25) is 4.79 Å². The van der Waals surface area contributed by atoms with Gasteiger partial charge in [-0.25, -0.2) is 4.98 Å². The van der Waals surface area contributed by atoms with Crippen molar-refractivity contribution < 1.29 is 4.79 Å². The lowest BCUT2D eigenvalue weighted by Crippen LogP contribution is -2.43. The number of aryl methyl sites for hydroxylation is 1. The molecule has 1 amide bonds. The number of fused-ring (bicyclic) bond motifs is 1. The Labute approximate surface area is 149 Å². The molecule has 3 heterocycles. The van der Waals surface area contributed by atoms with Gasteiger partial charge in [-0.05, 0) is 25.7 Å². The zero-order valence-corrected chi connectivity index (χ0v) is 15.9. The zero-order chi connectivity index (χ0) is 18.2. The topological polar surface area (TPSA) is 66.6 Å². The molecule has 0 aliphatic carbocycles. The van der Waals surface area contributed by atoms with Gasteiger partial charge in [-0.1, -0.05) is 20.8 Å². The van der Waals surface area contributed by atoms with Crippen molar-refractivity contribution in [3.8, 4) is 0 Å². The van der Waals surface area contributed by atoms with E-state index in [0.717, 1.165) is 44.0 Å². The second-order valence-corrected chi connectivity index (χ2v) is 8.09. The van der Waals surface area contributed by atoms with E-state index < -0.39 is 0 Å². The van der Waals surface area contributed by atoms with Crippen molar-refractivity contribution in [2.45, 2.75) is 40.5 Å². The van der Waals surface area contributed by atoms with E-state index in [1.54, 1.807) is 6.33 Å². The molecule has 2 aromatic heterocycles. The smallest absolute Gasteiger partial charge is 0.254 e. The minimum absolute atomic E-state index is 0.212. The van der Waals surface area contributed by atoms with E-state index in [9.17, 15) is 4.79 Å². The first-order valence-corrected chi connectivity index (χ1v) is 8.93. The number of carbonyl (C=O) groups excluding carboxylic acids is 1. The second kappa shape index (κ2) is 6.61. The molecule has 0 N–H and O–H groups in total. The standard InChI is InChI=1S/C18H28N6O/c1-13-10-15(24-17(21-13)19-12-20-24)23-8-6-14(7-9-23)11-22(5)16(25)18(2,3)4/h10,12,14H,6-9,11H2,1-5H3. The number of amides is 1. The molecule has 1 aliphatic rings. The molecule has 1 fully saturated rings. The van der Waals surface area contributed by atoms with Crippen LogP contribution in [0.2, 0.25) is 0 Å². The van der Waals surface area contributed by atoms with Gasteiger partial charge in [0.1, 0.15) is 12.1 Å². The predicted molar refractivity (Wildman–Crippen MR) is 97.5 cm³/mol. The maximum Gasteiger partial charge on any atom is 0.254 e. The summed E-state index contributed by atoms with van der Waals surface area (Å²) in [5, 5.41) is 4.30. The van der Waals surface area contributed by atoms with Crippen molar-refractivity contribution >= 4 is 17.5 Å². The fourth-order valence-electron chi connectivity index (χ4n) is 3.52. The summed E-state index contributed by atoms with van der Waals surface area (Å²) in [4.78, 5) is 25.2.